The predicted molar refractivity (Wildman–Crippen MR) is 123 cm³/mol. The number of aliphatic imine (C=N–C) groups is 1. The molecule has 6 nitrogen and oxygen atoms in total. The molecule has 2 aromatic rings. The van der Waals surface area contributed by atoms with Crippen LogP contribution in [0.1, 0.15) is 28.1 Å². The SMILES string of the molecule is CCNC(=NCc1nc(C)c(C)s1)NCCc1ccc(OC)c(OC(F)F)c1.I. The lowest BCUT2D eigenvalue weighted by atomic mass is 10.1. The minimum atomic E-state index is -2.90. The van der Waals surface area contributed by atoms with E-state index in [-0.39, 0.29) is 35.5 Å². The molecule has 0 aliphatic rings. The van der Waals surface area contributed by atoms with Crippen molar-refractivity contribution in [3.63, 3.8) is 0 Å². The first-order valence-corrected chi connectivity index (χ1v) is 9.81. The highest BCUT2D eigenvalue weighted by molar-refractivity contribution is 14.0. The van der Waals surface area contributed by atoms with Crippen LogP contribution in [-0.4, -0.2) is 37.8 Å². The van der Waals surface area contributed by atoms with E-state index >= 15 is 0 Å². The molecule has 10 heteroatoms. The van der Waals surface area contributed by atoms with Gasteiger partial charge in [0.25, 0.3) is 0 Å². The van der Waals surface area contributed by atoms with E-state index in [4.69, 9.17) is 4.74 Å². The summed E-state index contributed by atoms with van der Waals surface area (Å²) in [5.41, 5.74) is 1.89. The number of nitrogens with one attached hydrogen (secondary N) is 2. The highest BCUT2D eigenvalue weighted by atomic mass is 127. The molecule has 0 unspecified atom stereocenters. The van der Waals surface area contributed by atoms with Crippen LogP contribution in [0.2, 0.25) is 0 Å². The Labute approximate surface area is 191 Å². The molecule has 1 aromatic carbocycles. The molecule has 0 saturated carbocycles. The molecule has 0 radical (unpaired) electrons. The number of ether oxygens (including phenoxy) is 2. The number of benzene rings is 1. The van der Waals surface area contributed by atoms with Gasteiger partial charge in [0, 0.05) is 18.0 Å². The van der Waals surface area contributed by atoms with Crippen LogP contribution in [0.15, 0.2) is 23.2 Å². The van der Waals surface area contributed by atoms with Gasteiger partial charge in [-0.25, -0.2) is 9.98 Å². The highest BCUT2D eigenvalue weighted by Gasteiger charge is 2.11. The molecule has 0 spiro atoms. The zero-order chi connectivity index (χ0) is 20.5. The Morgan fingerprint density at radius 1 is 1.24 bits per heavy atom. The van der Waals surface area contributed by atoms with E-state index in [1.165, 1.54) is 12.0 Å². The number of aromatic nitrogens is 1. The lowest BCUT2D eigenvalue weighted by Crippen LogP contribution is -2.38. The van der Waals surface area contributed by atoms with E-state index in [0.717, 1.165) is 22.8 Å². The molecule has 0 amide bonds. The van der Waals surface area contributed by atoms with Gasteiger partial charge in [0.1, 0.15) is 5.01 Å². The van der Waals surface area contributed by atoms with E-state index in [9.17, 15) is 8.78 Å². The van der Waals surface area contributed by atoms with Gasteiger partial charge >= 0.3 is 6.61 Å². The molecule has 0 atom stereocenters. The van der Waals surface area contributed by atoms with Gasteiger partial charge in [-0.05, 0) is 44.9 Å². The fourth-order valence-electron chi connectivity index (χ4n) is 2.49. The standard InChI is InChI=1S/C19H26F2N4O2S.HI/c1-5-22-19(24-11-17-25-12(2)13(3)28-17)23-9-8-14-6-7-15(26-4)16(10-14)27-18(20)21;/h6-7,10,18H,5,8-9,11H2,1-4H3,(H2,22,23,24);1H. The Bertz CT molecular complexity index is 783. The molecule has 162 valence electrons. The van der Waals surface area contributed by atoms with Crippen LogP contribution in [0.3, 0.4) is 0 Å². The number of thiazole rings is 1. The van der Waals surface area contributed by atoms with Crippen LogP contribution >= 0.6 is 35.3 Å². The summed E-state index contributed by atoms with van der Waals surface area (Å²) in [6.07, 6.45) is 0.615. The average Bonchev–Trinajstić information content (AvgIpc) is 2.97. The maximum atomic E-state index is 12.5. The fourth-order valence-corrected chi connectivity index (χ4v) is 3.34. The number of halogens is 3. The third-order valence-corrected chi connectivity index (χ3v) is 5.00. The van der Waals surface area contributed by atoms with Crippen molar-refractivity contribution < 1.29 is 18.3 Å². The van der Waals surface area contributed by atoms with Crippen molar-refractivity contribution in [1.29, 1.82) is 0 Å². The predicted octanol–water partition coefficient (Wildman–Crippen LogP) is 4.29. The molecule has 0 aliphatic heterocycles. The van der Waals surface area contributed by atoms with Crippen LogP contribution in [0.4, 0.5) is 8.78 Å². The molecular weight excluding hydrogens is 513 g/mol. The van der Waals surface area contributed by atoms with E-state index in [0.29, 0.717) is 25.5 Å². The second-order valence-corrected chi connectivity index (χ2v) is 7.27. The topological polar surface area (TPSA) is 67.8 Å². The molecular formula is C19H27F2IN4O2S. The first kappa shape index (κ1) is 25.3. The lowest BCUT2D eigenvalue weighted by Gasteiger charge is -2.13. The minimum absolute atomic E-state index is 0. The van der Waals surface area contributed by atoms with Gasteiger partial charge in [-0.2, -0.15) is 8.78 Å². The summed E-state index contributed by atoms with van der Waals surface area (Å²) in [6.45, 7) is 4.95. The number of aryl methyl sites for hydroxylation is 2. The van der Waals surface area contributed by atoms with Crippen molar-refractivity contribution in [2.75, 3.05) is 20.2 Å². The number of guanidine groups is 1. The number of alkyl halides is 2. The zero-order valence-corrected chi connectivity index (χ0v) is 20.1. The van der Waals surface area contributed by atoms with Gasteiger partial charge in [0.15, 0.2) is 17.5 Å². The van der Waals surface area contributed by atoms with Crippen LogP contribution in [0, 0.1) is 13.8 Å². The summed E-state index contributed by atoms with van der Waals surface area (Å²) in [4.78, 5) is 10.2. The van der Waals surface area contributed by atoms with Gasteiger partial charge in [-0.15, -0.1) is 35.3 Å². The van der Waals surface area contributed by atoms with Crippen LogP contribution < -0.4 is 20.1 Å². The van der Waals surface area contributed by atoms with E-state index in [1.807, 2.05) is 26.8 Å². The smallest absolute Gasteiger partial charge is 0.387 e. The molecule has 0 aliphatic carbocycles. The first-order chi connectivity index (χ1) is 13.4. The molecule has 0 saturated heterocycles. The summed E-state index contributed by atoms with van der Waals surface area (Å²) in [7, 11) is 1.42. The summed E-state index contributed by atoms with van der Waals surface area (Å²) in [6, 6.07) is 5.02. The Balaban J connectivity index is 0.00000420. The van der Waals surface area contributed by atoms with Crippen LogP contribution in [0.5, 0.6) is 11.5 Å². The molecule has 1 aromatic heterocycles. The van der Waals surface area contributed by atoms with Gasteiger partial charge in [0.05, 0.1) is 19.3 Å². The van der Waals surface area contributed by atoms with Gasteiger partial charge in [0.2, 0.25) is 0 Å². The molecule has 1 heterocycles. The van der Waals surface area contributed by atoms with Gasteiger partial charge < -0.3 is 20.1 Å². The third-order valence-electron chi connectivity index (χ3n) is 3.94. The summed E-state index contributed by atoms with van der Waals surface area (Å²) >= 11 is 1.64. The number of methoxy groups -OCH3 is 1. The quantitative estimate of drug-likeness (QED) is 0.283. The van der Waals surface area contributed by atoms with Crippen LogP contribution in [0.25, 0.3) is 0 Å². The Kier molecular flexibility index (Phi) is 11.2. The summed E-state index contributed by atoms with van der Waals surface area (Å²) < 4.78 is 34.7. The van der Waals surface area contributed by atoms with Crippen molar-refractivity contribution in [2.45, 2.75) is 40.3 Å². The summed E-state index contributed by atoms with van der Waals surface area (Å²) in [5.74, 6) is 0.997. The van der Waals surface area contributed by atoms with Crippen molar-refractivity contribution in [1.82, 2.24) is 15.6 Å². The van der Waals surface area contributed by atoms with Crippen LogP contribution in [-0.2, 0) is 13.0 Å². The van der Waals surface area contributed by atoms with Gasteiger partial charge in [-0.3, -0.25) is 0 Å². The maximum absolute atomic E-state index is 12.5. The van der Waals surface area contributed by atoms with Crippen molar-refractivity contribution in [3.8, 4) is 11.5 Å². The maximum Gasteiger partial charge on any atom is 0.387 e. The normalized spacial score (nSPS) is 11.2. The monoisotopic (exact) mass is 540 g/mol. The van der Waals surface area contributed by atoms with Crippen molar-refractivity contribution in [2.24, 2.45) is 4.99 Å². The van der Waals surface area contributed by atoms with E-state index < -0.39 is 6.61 Å². The molecule has 0 bridgehead atoms. The Morgan fingerprint density at radius 2 is 2.00 bits per heavy atom. The van der Waals surface area contributed by atoms with E-state index in [1.54, 1.807) is 23.5 Å². The number of rotatable bonds is 9. The largest absolute Gasteiger partial charge is 0.493 e. The number of hydrogen-bond acceptors (Lipinski definition) is 5. The molecule has 0 fully saturated rings. The Hall–Kier alpha value is -1.69. The first-order valence-electron chi connectivity index (χ1n) is 8.99. The highest BCUT2D eigenvalue weighted by Crippen LogP contribution is 2.29. The number of hydrogen-bond donors (Lipinski definition) is 2. The summed E-state index contributed by atoms with van der Waals surface area (Å²) in [5, 5.41) is 7.40. The minimum Gasteiger partial charge on any atom is -0.493 e. The van der Waals surface area contributed by atoms with E-state index in [2.05, 4.69) is 25.3 Å². The third kappa shape index (κ3) is 8.29. The molecule has 29 heavy (non-hydrogen) atoms. The zero-order valence-electron chi connectivity index (χ0n) is 16.9. The fraction of sp³-hybridized carbons (Fsp3) is 0.474. The second kappa shape index (κ2) is 12.8. The lowest BCUT2D eigenvalue weighted by molar-refractivity contribution is -0.0512. The number of nitrogens with zero attached hydrogens (tertiary/aromatic N) is 2. The molecule has 2 rings (SSSR count). The Morgan fingerprint density at radius 3 is 2.59 bits per heavy atom. The average molecular weight is 540 g/mol. The second-order valence-electron chi connectivity index (χ2n) is 5.98. The van der Waals surface area contributed by atoms with Crippen molar-refractivity contribution in [3.05, 3.63) is 39.3 Å². The molecule has 2 N–H and O–H groups in total. The van der Waals surface area contributed by atoms with Crippen molar-refractivity contribution >= 4 is 41.3 Å². The van der Waals surface area contributed by atoms with Gasteiger partial charge in [-0.1, -0.05) is 6.07 Å².